The molecule has 1 heterocycles. The molecule has 3 heteroatoms. The molecule has 0 saturated carbocycles. The summed E-state index contributed by atoms with van der Waals surface area (Å²) in [5, 5.41) is 8.71. The molecule has 1 unspecified atom stereocenters. The van der Waals surface area contributed by atoms with E-state index < -0.39 is 0 Å². The summed E-state index contributed by atoms with van der Waals surface area (Å²) in [6.45, 7) is 6.66. The van der Waals surface area contributed by atoms with Crippen LogP contribution in [0.5, 0.6) is 5.75 Å². The number of hydrogen-bond acceptors (Lipinski definition) is 3. The summed E-state index contributed by atoms with van der Waals surface area (Å²) < 4.78 is 5.68. The van der Waals surface area contributed by atoms with Crippen LogP contribution in [-0.2, 0) is 0 Å². The van der Waals surface area contributed by atoms with Crippen molar-refractivity contribution >= 4 is 0 Å². The lowest BCUT2D eigenvalue weighted by Gasteiger charge is -2.15. The van der Waals surface area contributed by atoms with E-state index in [4.69, 9.17) is 10.00 Å². The van der Waals surface area contributed by atoms with Gasteiger partial charge in [0.1, 0.15) is 5.75 Å². The van der Waals surface area contributed by atoms with E-state index in [0.717, 1.165) is 31.2 Å². The number of rotatable bonds is 6. The van der Waals surface area contributed by atoms with Crippen LogP contribution in [0.4, 0.5) is 0 Å². The molecule has 2 rings (SSSR count). The fraction of sp³-hybridized carbons (Fsp3) is 0.562. The highest BCUT2D eigenvalue weighted by Crippen LogP contribution is 2.19. The average Bonchev–Trinajstić information content (AvgIpc) is 2.92. The van der Waals surface area contributed by atoms with Crippen LogP contribution < -0.4 is 4.74 Å². The van der Waals surface area contributed by atoms with E-state index in [9.17, 15) is 0 Å². The van der Waals surface area contributed by atoms with Gasteiger partial charge in [-0.3, -0.25) is 0 Å². The fourth-order valence-corrected chi connectivity index (χ4v) is 2.55. The number of benzene rings is 1. The zero-order chi connectivity index (χ0) is 13.5. The van der Waals surface area contributed by atoms with Crippen molar-refractivity contribution in [3.05, 3.63) is 29.8 Å². The summed E-state index contributed by atoms with van der Waals surface area (Å²) in [5.41, 5.74) is 0.676. The van der Waals surface area contributed by atoms with Crippen molar-refractivity contribution in [3.8, 4) is 11.8 Å². The normalized spacial score (nSPS) is 19.3. The van der Waals surface area contributed by atoms with Crippen molar-refractivity contribution in [2.75, 3.05) is 26.2 Å². The molecular formula is C16H22N2O. The standard InChI is InChI=1S/C16H22N2O/c1-2-14-8-10-18(13-14)9-3-11-19-16-6-4-15(12-17)5-7-16/h4-7,14H,2-3,8-11,13H2,1H3. The Morgan fingerprint density at radius 1 is 1.37 bits per heavy atom. The third-order valence-corrected chi connectivity index (χ3v) is 3.82. The van der Waals surface area contributed by atoms with Gasteiger partial charge in [-0.1, -0.05) is 13.3 Å². The molecule has 19 heavy (non-hydrogen) atoms. The topological polar surface area (TPSA) is 36.3 Å². The third kappa shape index (κ3) is 4.25. The number of hydrogen-bond donors (Lipinski definition) is 0. The van der Waals surface area contributed by atoms with Crippen molar-refractivity contribution in [1.82, 2.24) is 4.90 Å². The molecule has 1 aromatic carbocycles. The Morgan fingerprint density at radius 3 is 2.79 bits per heavy atom. The van der Waals surface area contributed by atoms with Crippen LogP contribution >= 0.6 is 0 Å². The molecular weight excluding hydrogens is 236 g/mol. The quantitative estimate of drug-likeness (QED) is 0.736. The van der Waals surface area contributed by atoms with Crippen molar-refractivity contribution in [2.24, 2.45) is 5.92 Å². The summed E-state index contributed by atoms with van der Waals surface area (Å²) in [6, 6.07) is 9.42. The molecule has 0 aliphatic carbocycles. The zero-order valence-electron chi connectivity index (χ0n) is 11.6. The van der Waals surface area contributed by atoms with Crippen LogP contribution in [0.25, 0.3) is 0 Å². The Balaban J connectivity index is 1.63. The van der Waals surface area contributed by atoms with Crippen molar-refractivity contribution in [3.63, 3.8) is 0 Å². The van der Waals surface area contributed by atoms with Gasteiger partial charge in [-0.05, 0) is 49.6 Å². The summed E-state index contributed by atoms with van der Waals surface area (Å²) in [4.78, 5) is 2.54. The molecule has 0 aromatic heterocycles. The minimum atomic E-state index is 0.676. The molecule has 1 aliphatic heterocycles. The van der Waals surface area contributed by atoms with E-state index >= 15 is 0 Å². The van der Waals surface area contributed by atoms with E-state index in [-0.39, 0.29) is 0 Å². The lowest BCUT2D eigenvalue weighted by Crippen LogP contribution is -2.23. The van der Waals surface area contributed by atoms with Gasteiger partial charge in [0.2, 0.25) is 0 Å². The molecule has 102 valence electrons. The third-order valence-electron chi connectivity index (χ3n) is 3.82. The number of likely N-dealkylation sites (tertiary alicyclic amines) is 1. The number of ether oxygens (including phenoxy) is 1. The van der Waals surface area contributed by atoms with E-state index in [1.807, 2.05) is 12.1 Å². The maximum Gasteiger partial charge on any atom is 0.119 e. The van der Waals surface area contributed by atoms with Gasteiger partial charge in [-0.2, -0.15) is 5.26 Å². The van der Waals surface area contributed by atoms with Crippen LogP contribution in [0.1, 0.15) is 31.7 Å². The molecule has 0 N–H and O–H groups in total. The SMILES string of the molecule is CCC1CCN(CCCOc2ccc(C#N)cc2)C1. The predicted molar refractivity (Wildman–Crippen MR) is 76.1 cm³/mol. The number of nitrogens with zero attached hydrogens (tertiary/aromatic N) is 2. The highest BCUT2D eigenvalue weighted by molar-refractivity contribution is 5.34. The second kappa shape index (κ2) is 7.16. The van der Waals surface area contributed by atoms with Crippen molar-refractivity contribution in [1.29, 1.82) is 5.26 Å². The Kier molecular flexibility index (Phi) is 5.23. The smallest absolute Gasteiger partial charge is 0.119 e. The van der Waals surface area contributed by atoms with Crippen LogP contribution in [0.2, 0.25) is 0 Å². The van der Waals surface area contributed by atoms with Crippen molar-refractivity contribution in [2.45, 2.75) is 26.2 Å². The van der Waals surface area contributed by atoms with Crippen LogP contribution in [0, 0.1) is 17.2 Å². The fourth-order valence-electron chi connectivity index (χ4n) is 2.55. The van der Waals surface area contributed by atoms with Gasteiger partial charge in [-0.25, -0.2) is 0 Å². The van der Waals surface area contributed by atoms with Gasteiger partial charge in [0.25, 0.3) is 0 Å². The van der Waals surface area contributed by atoms with E-state index in [1.165, 1.54) is 25.9 Å². The highest BCUT2D eigenvalue weighted by atomic mass is 16.5. The summed E-state index contributed by atoms with van der Waals surface area (Å²) in [7, 11) is 0. The van der Waals surface area contributed by atoms with Crippen LogP contribution in [0.3, 0.4) is 0 Å². The second-order valence-corrected chi connectivity index (χ2v) is 5.20. The monoisotopic (exact) mass is 258 g/mol. The first-order valence-corrected chi connectivity index (χ1v) is 7.17. The molecule has 1 aromatic rings. The Morgan fingerprint density at radius 2 is 2.16 bits per heavy atom. The van der Waals surface area contributed by atoms with Crippen molar-refractivity contribution < 1.29 is 4.74 Å². The average molecular weight is 258 g/mol. The Hall–Kier alpha value is -1.53. The van der Waals surface area contributed by atoms with Gasteiger partial charge in [0, 0.05) is 13.1 Å². The van der Waals surface area contributed by atoms with Gasteiger partial charge >= 0.3 is 0 Å². The first-order valence-electron chi connectivity index (χ1n) is 7.17. The molecule has 0 radical (unpaired) electrons. The second-order valence-electron chi connectivity index (χ2n) is 5.20. The molecule has 0 bridgehead atoms. The van der Waals surface area contributed by atoms with Gasteiger partial charge in [0.15, 0.2) is 0 Å². The zero-order valence-corrected chi connectivity index (χ0v) is 11.6. The van der Waals surface area contributed by atoms with Crippen LogP contribution in [-0.4, -0.2) is 31.1 Å². The maximum absolute atomic E-state index is 8.71. The van der Waals surface area contributed by atoms with E-state index in [1.54, 1.807) is 12.1 Å². The largest absolute Gasteiger partial charge is 0.494 e. The first-order chi connectivity index (χ1) is 9.31. The minimum Gasteiger partial charge on any atom is -0.494 e. The highest BCUT2D eigenvalue weighted by Gasteiger charge is 2.19. The minimum absolute atomic E-state index is 0.676. The first kappa shape index (κ1) is 13.9. The molecule has 1 fully saturated rings. The lowest BCUT2D eigenvalue weighted by atomic mass is 10.1. The molecule has 1 atom stereocenters. The Bertz CT molecular complexity index is 421. The molecule has 0 amide bonds. The van der Waals surface area contributed by atoms with Crippen LogP contribution in [0.15, 0.2) is 24.3 Å². The Labute approximate surface area is 115 Å². The van der Waals surface area contributed by atoms with E-state index in [0.29, 0.717) is 5.56 Å². The van der Waals surface area contributed by atoms with Gasteiger partial charge < -0.3 is 9.64 Å². The van der Waals surface area contributed by atoms with Gasteiger partial charge in [-0.15, -0.1) is 0 Å². The molecule has 1 aliphatic rings. The van der Waals surface area contributed by atoms with Gasteiger partial charge in [0.05, 0.1) is 18.2 Å². The maximum atomic E-state index is 8.71. The summed E-state index contributed by atoms with van der Waals surface area (Å²) in [6.07, 6.45) is 3.72. The van der Waals surface area contributed by atoms with E-state index in [2.05, 4.69) is 17.9 Å². The number of nitriles is 1. The summed E-state index contributed by atoms with van der Waals surface area (Å²) in [5.74, 6) is 1.76. The molecule has 0 spiro atoms. The predicted octanol–water partition coefficient (Wildman–Crippen LogP) is 3.06. The summed E-state index contributed by atoms with van der Waals surface area (Å²) >= 11 is 0. The lowest BCUT2D eigenvalue weighted by molar-refractivity contribution is 0.258. The molecule has 3 nitrogen and oxygen atoms in total. The molecule has 1 saturated heterocycles.